The maximum atomic E-state index is 10.8. The molecule has 0 spiro atoms. The molecule has 0 saturated carbocycles. The highest BCUT2D eigenvalue weighted by Crippen LogP contribution is 2.30. The molecule has 0 bridgehead atoms. The van der Waals surface area contributed by atoms with Crippen molar-refractivity contribution in [3.8, 4) is 0 Å². The molecular formula is C11H13BrClNO2. The lowest BCUT2D eigenvalue weighted by atomic mass is 10.0. The van der Waals surface area contributed by atoms with Crippen molar-refractivity contribution in [3.05, 3.63) is 33.3 Å². The van der Waals surface area contributed by atoms with Gasteiger partial charge in [0.15, 0.2) is 0 Å². The maximum absolute atomic E-state index is 10.8. The van der Waals surface area contributed by atoms with E-state index in [0.717, 1.165) is 10.0 Å². The number of hydrogen-bond donors (Lipinski definition) is 1. The molecule has 0 aromatic heterocycles. The Morgan fingerprint density at radius 3 is 2.62 bits per heavy atom. The number of rotatable bonds is 4. The fourth-order valence-electron chi connectivity index (χ4n) is 1.51. The summed E-state index contributed by atoms with van der Waals surface area (Å²) in [5.74, 6) is -0.835. The Hall–Kier alpha value is -0.580. The molecule has 0 aliphatic carbocycles. The zero-order chi connectivity index (χ0) is 12.3. The van der Waals surface area contributed by atoms with Crippen molar-refractivity contribution >= 4 is 33.5 Å². The quantitative estimate of drug-likeness (QED) is 0.929. The maximum Gasteiger partial charge on any atom is 0.305 e. The van der Waals surface area contributed by atoms with Crippen molar-refractivity contribution in [3.63, 3.8) is 0 Å². The molecule has 1 aromatic carbocycles. The van der Waals surface area contributed by atoms with Crippen LogP contribution >= 0.6 is 27.5 Å². The summed E-state index contributed by atoms with van der Waals surface area (Å²) >= 11 is 9.42. The van der Waals surface area contributed by atoms with Crippen LogP contribution in [-0.2, 0) is 4.79 Å². The van der Waals surface area contributed by atoms with Gasteiger partial charge in [-0.25, -0.2) is 0 Å². The van der Waals surface area contributed by atoms with Gasteiger partial charge in [-0.3, -0.25) is 4.79 Å². The van der Waals surface area contributed by atoms with Gasteiger partial charge >= 0.3 is 5.97 Å². The molecule has 88 valence electrons. The van der Waals surface area contributed by atoms with E-state index in [2.05, 4.69) is 15.9 Å². The van der Waals surface area contributed by atoms with Crippen LogP contribution in [0.4, 0.5) is 0 Å². The Morgan fingerprint density at radius 2 is 2.19 bits per heavy atom. The largest absolute Gasteiger partial charge is 0.481 e. The van der Waals surface area contributed by atoms with E-state index in [9.17, 15) is 4.79 Å². The number of hydrogen-bond acceptors (Lipinski definition) is 2. The second kappa shape index (κ2) is 5.66. The number of carboxylic acids is 1. The van der Waals surface area contributed by atoms with E-state index in [0.29, 0.717) is 5.02 Å². The lowest BCUT2D eigenvalue weighted by Gasteiger charge is -2.24. The lowest BCUT2D eigenvalue weighted by Crippen LogP contribution is -2.23. The molecular weight excluding hydrogens is 293 g/mol. The minimum Gasteiger partial charge on any atom is -0.481 e. The van der Waals surface area contributed by atoms with Crippen molar-refractivity contribution in [2.75, 3.05) is 14.1 Å². The zero-order valence-electron chi connectivity index (χ0n) is 9.08. The van der Waals surface area contributed by atoms with Crippen LogP contribution in [0.15, 0.2) is 22.7 Å². The Kier molecular flexibility index (Phi) is 4.77. The van der Waals surface area contributed by atoms with E-state index in [1.54, 1.807) is 6.07 Å². The van der Waals surface area contributed by atoms with Crippen molar-refractivity contribution < 1.29 is 9.90 Å². The van der Waals surface area contributed by atoms with E-state index >= 15 is 0 Å². The molecule has 0 amide bonds. The third kappa shape index (κ3) is 3.47. The van der Waals surface area contributed by atoms with Gasteiger partial charge in [-0.1, -0.05) is 33.6 Å². The van der Waals surface area contributed by atoms with Crippen LogP contribution in [0.25, 0.3) is 0 Å². The van der Waals surface area contributed by atoms with Crippen LogP contribution in [0, 0.1) is 0 Å². The Balaban J connectivity index is 3.05. The highest BCUT2D eigenvalue weighted by molar-refractivity contribution is 9.10. The SMILES string of the molecule is CN(C)C(CC(=O)O)c1ccc(Br)cc1Cl. The first-order valence-electron chi connectivity index (χ1n) is 4.75. The number of halogens is 2. The highest BCUT2D eigenvalue weighted by Gasteiger charge is 2.20. The van der Waals surface area contributed by atoms with Gasteiger partial charge in [-0.2, -0.15) is 0 Å². The summed E-state index contributed by atoms with van der Waals surface area (Å²) in [6.07, 6.45) is 0.0361. The number of carboxylic acid groups (broad SMARTS) is 1. The molecule has 5 heteroatoms. The van der Waals surface area contributed by atoms with Crippen molar-refractivity contribution in [2.24, 2.45) is 0 Å². The van der Waals surface area contributed by atoms with Crippen LogP contribution in [0.5, 0.6) is 0 Å². The van der Waals surface area contributed by atoms with Gasteiger partial charge in [0.1, 0.15) is 0 Å². The van der Waals surface area contributed by atoms with Crippen LogP contribution in [0.2, 0.25) is 5.02 Å². The van der Waals surface area contributed by atoms with Crippen molar-refractivity contribution in [2.45, 2.75) is 12.5 Å². The molecule has 1 unspecified atom stereocenters. The standard InChI is InChI=1S/C11H13BrClNO2/c1-14(2)10(6-11(15)16)8-4-3-7(12)5-9(8)13/h3-5,10H,6H2,1-2H3,(H,15,16). The minimum atomic E-state index is -0.835. The van der Waals surface area contributed by atoms with Gasteiger partial charge in [0.25, 0.3) is 0 Å². The molecule has 0 aliphatic heterocycles. The predicted molar refractivity (Wildman–Crippen MR) is 67.8 cm³/mol. The molecule has 1 rings (SSSR count). The molecule has 0 aliphatic rings. The van der Waals surface area contributed by atoms with Gasteiger partial charge in [0.05, 0.1) is 6.42 Å². The van der Waals surface area contributed by atoms with E-state index < -0.39 is 5.97 Å². The molecule has 0 saturated heterocycles. The van der Waals surface area contributed by atoms with Gasteiger partial charge in [-0.05, 0) is 31.8 Å². The van der Waals surface area contributed by atoms with Crippen molar-refractivity contribution in [1.82, 2.24) is 4.90 Å². The van der Waals surface area contributed by atoms with Gasteiger partial charge in [0, 0.05) is 15.5 Å². The minimum absolute atomic E-state index is 0.0361. The molecule has 0 heterocycles. The molecule has 3 nitrogen and oxygen atoms in total. The summed E-state index contributed by atoms with van der Waals surface area (Å²) in [7, 11) is 3.68. The first-order chi connectivity index (χ1) is 7.41. The topological polar surface area (TPSA) is 40.5 Å². The summed E-state index contributed by atoms with van der Waals surface area (Å²) in [5.41, 5.74) is 0.831. The zero-order valence-corrected chi connectivity index (χ0v) is 11.4. The van der Waals surface area contributed by atoms with E-state index in [4.69, 9.17) is 16.7 Å². The number of carbonyl (C=O) groups is 1. The van der Waals surface area contributed by atoms with Gasteiger partial charge in [0.2, 0.25) is 0 Å². The molecule has 1 atom stereocenters. The summed E-state index contributed by atoms with van der Waals surface area (Å²) in [5, 5.41) is 9.44. The Morgan fingerprint density at radius 1 is 1.56 bits per heavy atom. The van der Waals surface area contributed by atoms with Crippen LogP contribution < -0.4 is 0 Å². The summed E-state index contributed by atoms with van der Waals surface area (Å²) in [6.45, 7) is 0. The van der Waals surface area contributed by atoms with Gasteiger partial charge < -0.3 is 10.0 Å². The van der Waals surface area contributed by atoms with Crippen molar-refractivity contribution in [1.29, 1.82) is 0 Å². The smallest absolute Gasteiger partial charge is 0.305 e. The Labute approximate surface area is 108 Å². The first-order valence-corrected chi connectivity index (χ1v) is 5.92. The van der Waals surface area contributed by atoms with Gasteiger partial charge in [-0.15, -0.1) is 0 Å². The van der Waals surface area contributed by atoms with Crippen LogP contribution in [0.3, 0.4) is 0 Å². The third-order valence-electron chi connectivity index (χ3n) is 2.31. The fraction of sp³-hybridized carbons (Fsp3) is 0.364. The molecule has 16 heavy (non-hydrogen) atoms. The summed E-state index contributed by atoms with van der Waals surface area (Å²) in [6, 6.07) is 5.27. The van der Waals surface area contributed by atoms with Crippen LogP contribution in [0.1, 0.15) is 18.0 Å². The normalized spacial score (nSPS) is 12.8. The van der Waals surface area contributed by atoms with Crippen LogP contribution in [-0.4, -0.2) is 30.1 Å². The second-order valence-electron chi connectivity index (χ2n) is 3.74. The highest BCUT2D eigenvalue weighted by atomic mass is 79.9. The van der Waals surface area contributed by atoms with E-state index in [1.165, 1.54) is 0 Å². The monoisotopic (exact) mass is 305 g/mol. The fourth-order valence-corrected chi connectivity index (χ4v) is 2.31. The first kappa shape index (κ1) is 13.5. The van der Waals surface area contributed by atoms with E-state index in [-0.39, 0.29) is 12.5 Å². The Bertz CT molecular complexity index is 396. The van der Waals surface area contributed by atoms with E-state index in [1.807, 2.05) is 31.1 Å². The molecule has 0 radical (unpaired) electrons. The number of nitrogens with zero attached hydrogens (tertiary/aromatic N) is 1. The molecule has 0 fully saturated rings. The number of benzene rings is 1. The third-order valence-corrected chi connectivity index (χ3v) is 3.13. The predicted octanol–water partition coefficient (Wildman–Crippen LogP) is 3.18. The molecule has 1 aromatic rings. The second-order valence-corrected chi connectivity index (χ2v) is 5.07. The number of aliphatic carboxylic acids is 1. The average Bonchev–Trinajstić information content (AvgIpc) is 2.14. The summed E-state index contributed by atoms with van der Waals surface area (Å²) < 4.78 is 0.883. The lowest BCUT2D eigenvalue weighted by molar-refractivity contribution is -0.138. The summed E-state index contributed by atoms with van der Waals surface area (Å²) in [4.78, 5) is 12.6. The average molecular weight is 307 g/mol. The molecule has 1 N–H and O–H groups in total.